The summed E-state index contributed by atoms with van der Waals surface area (Å²) in [7, 11) is 0. The van der Waals surface area contributed by atoms with Crippen LogP contribution < -0.4 is 10.9 Å². The summed E-state index contributed by atoms with van der Waals surface area (Å²) >= 11 is 1.29. The molecule has 4 atom stereocenters. The fourth-order valence-electron chi connectivity index (χ4n) is 6.57. The number of fused-ring (bicyclic) bond motifs is 1. The molecule has 150 valence electrons. The minimum absolute atomic E-state index is 0.103. The summed E-state index contributed by atoms with van der Waals surface area (Å²) in [6.07, 6.45) is 9.03. The van der Waals surface area contributed by atoms with Crippen LogP contribution in [0.15, 0.2) is 17.4 Å². The molecule has 4 bridgehead atoms. The van der Waals surface area contributed by atoms with Gasteiger partial charge in [-0.2, -0.15) is 4.80 Å². The molecule has 4 aliphatic rings. The highest BCUT2D eigenvalue weighted by Gasteiger charge is 2.60. The lowest BCUT2D eigenvalue weighted by atomic mass is 9.50. The molecular formula is C19H21N7O2S. The average Bonchev–Trinajstić information content (AvgIpc) is 3.30. The standard InChI is InChI=1S/C19H21N7O2S/c1-10-13-15(27)20-8-21-17(13)29-14(10)16(28)24-18-3-11-2-12(4-18)6-19(5-11,7-18)26-23-9-22-25-26/h8-9,11-12H,2-7H2,1H3,(H,24,28)(H,20,21,27)/t11-,12+,18?,19?. The number of thiophene rings is 1. The Hall–Kier alpha value is -2.62. The summed E-state index contributed by atoms with van der Waals surface area (Å²) in [5.41, 5.74) is 0.0991. The van der Waals surface area contributed by atoms with Gasteiger partial charge in [0.05, 0.1) is 22.1 Å². The number of tetrazole rings is 1. The molecule has 2 unspecified atom stereocenters. The van der Waals surface area contributed by atoms with E-state index in [2.05, 4.69) is 30.7 Å². The monoisotopic (exact) mass is 411 g/mol. The van der Waals surface area contributed by atoms with Gasteiger partial charge in [0.2, 0.25) is 0 Å². The highest BCUT2D eigenvalue weighted by molar-refractivity contribution is 7.20. The molecule has 1 amide bonds. The maximum atomic E-state index is 13.3. The average molecular weight is 411 g/mol. The Labute approximate surface area is 169 Å². The highest BCUT2D eigenvalue weighted by atomic mass is 32.1. The van der Waals surface area contributed by atoms with Crippen LogP contribution in [0.4, 0.5) is 0 Å². The van der Waals surface area contributed by atoms with Gasteiger partial charge in [-0.05, 0) is 68.1 Å². The molecule has 4 aliphatic carbocycles. The van der Waals surface area contributed by atoms with Crippen LogP contribution in [-0.4, -0.2) is 41.6 Å². The van der Waals surface area contributed by atoms with Gasteiger partial charge in [0, 0.05) is 5.54 Å². The molecule has 0 aliphatic heterocycles. The first kappa shape index (κ1) is 17.3. The van der Waals surface area contributed by atoms with Crippen molar-refractivity contribution in [2.24, 2.45) is 11.8 Å². The van der Waals surface area contributed by atoms with Crippen molar-refractivity contribution in [2.45, 2.75) is 56.5 Å². The van der Waals surface area contributed by atoms with Crippen LogP contribution in [0.2, 0.25) is 0 Å². The number of carbonyl (C=O) groups excluding carboxylic acids is 1. The fourth-order valence-corrected chi connectivity index (χ4v) is 7.62. The van der Waals surface area contributed by atoms with E-state index < -0.39 is 0 Å². The highest BCUT2D eigenvalue weighted by Crippen LogP contribution is 2.60. The number of H-pyrrole nitrogens is 1. The van der Waals surface area contributed by atoms with E-state index in [1.807, 2.05) is 6.92 Å². The quantitative estimate of drug-likeness (QED) is 0.678. The third-order valence-electron chi connectivity index (χ3n) is 7.12. The second-order valence-electron chi connectivity index (χ2n) is 9.11. The van der Waals surface area contributed by atoms with E-state index in [1.165, 1.54) is 30.4 Å². The minimum Gasteiger partial charge on any atom is -0.346 e. The molecular weight excluding hydrogens is 390 g/mol. The van der Waals surface area contributed by atoms with E-state index in [9.17, 15) is 9.59 Å². The van der Waals surface area contributed by atoms with E-state index in [1.54, 1.807) is 4.80 Å². The molecule has 2 N–H and O–H groups in total. The van der Waals surface area contributed by atoms with Crippen LogP contribution in [0, 0.1) is 18.8 Å². The number of nitrogens with one attached hydrogen (secondary N) is 2. The number of amides is 1. The Bertz CT molecular complexity index is 1170. The fraction of sp³-hybridized carbons (Fsp3) is 0.579. The van der Waals surface area contributed by atoms with Crippen molar-refractivity contribution >= 4 is 27.5 Å². The number of nitrogens with zero attached hydrogens (tertiary/aromatic N) is 5. The van der Waals surface area contributed by atoms with Crippen molar-refractivity contribution in [1.29, 1.82) is 0 Å². The number of aromatic amines is 1. The molecule has 9 nitrogen and oxygen atoms in total. The zero-order valence-electron chi connectivity index (χ0n) is 16.0. The van der Waals surface area contributed by atoms with Crippen LogP contribution in [0.5, 0.6) is 0 Å². The van der Waals surface area contributed by atoms with Crippen molar-refractivity contribution in [2.75, 3.05) is 0 Å². The summed E-state index contributed by atoms with van der Waals surface area (Å²) in [5.74, 6) is 1.03. The van der Waals surface area contributed by atoms with Gasteiger partial charge in [0.15, 0.2) is 6.33 Å². The molecule has 0 radical (unpaired) electrons. The van der Waals surface area contributed by atoms with Gasteiger partial charge in [-0.3, -0.25) is 9.59 Å². The topological polar surface area (TPSA) is 118 Å². The number of rotatable bonds is 3. The van der Waals surface area contributed by atoms with E-state index in [0.717, 1.165) is 32.1 Å². The van der Waals surface area contributed by atoms with Gasteiger partial charge in [-0.1, -0.05) is 0 Å². The summed E-state index contributed by atoms with van der Waals surface area (Å²) < 4.78 is 0. The largest absolute Gasteiger partial charge is 0.346 e. The first-order valence-electron chi connectivity index (χ1n) is 10.00. The molecule has 3 aromatic rings. The molecule has 3 aromatic heterocycles. The maximum absolute atomic E-state index is 13.3. The van der Waals surface area contributed by atoms with Crippen molar-refractivity contribution in [3.8, 4) is 0 Å². The SMILES string of the molecule is Cc1c(C(=O)NC23C[C@H]4C[C@@H](C2)CC(n2ncnn2)(C4)C3)sc2nc[nH]c(=O)c12. The molecule has 3 heterocycles. The molecule has 29 heavy (non-hydrogen) atoms. The van der Waals surface area contributed by atoms with Crippen LogP contribution in [0.25, 0.3) is 10.2 Å². The summed E-state index contributed by atoms with van der Waals surface area (Å²) in [4.78, 5) is 35.3. The zero-order chi connectivity index (χ0) is 19.8. The van der Waals surface area contributed by atoms with Gasteiger partial charge in [0.25, 0.3) is 11.5 Å². The molecule has 10 heteroatoms. The molecule has 0 saturated heterocycles. The zero-order valence-corrected chi connectivity index (χ0v) is 16.8. The predicted molar refractivity (Wildman–Crippen MR) is 106 cm³/mol. The Morgan fingerprint density at radius 1 is 1.31 bits per heavy atom. The lowest BCUT2D eigenvalue weighted by molar-refractivity contribution is -0.0810. The van der Waals surface area contributed by atoms with Crippen LogP contribution in [-0.2, 0) is 5.54 Å². The first-order valence-corrected chi connectivity index (χ1v) is 10.8. The minimum atomic E-state index is -0.253. The number of hydrogen-bond donors (Lipinski definition) is 2. The Morgan fingerprint density at radius 3 is 2.79 bits per heavy atom. The molecule has 4 fully saturated rings. The normalized spacial score (nSPS) is 32.7. The van der Waals surface area contributed by atoms with E-state index in [0.29, 0.717) is 32.5 Å². The van der Waals surface area contributed by atoms with Gasteiger partial charge >= 0.3 is 0 Å². The van der Waals surface area contributed by atoms with Gasteiger partial charge < -0.3 is 10.3 Å². The lowest BCUT2D eigenvalue weighted by Gasteiger charge is -2.61. The van der Waals surface area contributed by atoms with Crippen molar-refractivity contribution < 1.29 is 4.79 Å². The Morgan fingerprint density at radius 2 is 2.10 bits per heavy atom. The number of aromatic nitrogens is 6. The van der Waals surface area contributed by atoms with Crippen molar-refractivity contribution in [1.82, 2.24) is 35.5 Å². The summed E-state index contributed by atoms with van der Waals surface area (Å²) in [6.45, 7) is 1.82. The van der Waals surface area contributed by atoms with E-state index in [-0.39, 0.29) is 22.5 Å². The van der Waals surface area contributed by atoms with Crippen molar-refractivity contribution in [3.05, 3.63) is 33.4 Å². The molecule has 4 saturated carbocycles. The molecule has 0 spiro atoms. The van der Waals surface area contributed by atoms with Gasteiger partial charge in [-0.15, -0.1) is 21.5 Å². The smallest absolute Gasteiger partial charge is 0.262 e. The van der Waals surface area contributed by atoms with Crippen LogP contribution in [0.1, 0.15) is 53.8 Å². The van der Waals surface area contributed by atoms with Crippen LogP contribution >= 0.6 is 11.3 Å². The summed E-state index contributed by atoms with van der Waals surface area (Å²) in [5, 5.41) is 16.4. The third kappa shape index (κ3) is 2.44. The second-order valence-corrected chi connectivity index (χ2v) is 10.1. The molecule has 7 rings (SSSR count). The Balaban J connectivity index is 1.36. The number of hydrogen-bond acceptors (Lipinski definition) is 7. The number of aryl methyl sites for hydroxylation is 1. The lowest BCUT2D eigenvalue weighted by Crippen LogP contribution is -2.66. The van der Waals surface area contributed by atoms with E-state index in [4.69, 9.17) is 0 Å². The second kappa shape index (κ2) is 5.71. The molecule has 0 aromatic carbocycles. The predicted octanol–water partition coefficient (Wildman–Crippen LogP) is 1.76. The van der Waals surface area contributed by atoms with Crippen molar-refractivity contribution in [3.63, 3.8) is 0 Å². The Kier molecular flexibility index (Phi) is 3.40. The van der Waals surface area contributed by atoms with E-state index >= 15 is 0 Å². The number of carbonyl (C=O) groups is 1. The maximum Gasteiger partial charge on any atom is 0.262 e. The first-order chi connectivity index (χ1) is 14.0. The van der Waals surface area contributed by atoms with Gasteiger partial charge in [0.1, 0.15) is 4.83 Å². The summed E-state index contributed by atoms with van der Waals surface area (Å²) in [6, 6.07) is 0. The van der Waals surface area contributed by atoms with Gasteiger partial charge in [-0.25, -0.2) is 4.98 Å². The third-order valence-corrected chi connectivity index (χ3v) is 8.32. The van der Waals surface area contributed by atoms with Crippen LogP contribution in [0.3, 0.4) is 0 Å².